The van der Waals surface area contributed by atoms with Crippen molar-refractivity contribution in [3.63, 3.8) is 0 Å². The molecule has 0 bridgehead atoms. The summed E-state index contributed by atoms with van der Waals surface area (Å²) in [4.78, 5) is 31.8. The van der Waals surface area contributed by atoms with Crippen LogP contribution in [0.1, 0.15) is 15.9 Å². The first kappa shape index (κ1) is 15.8. The molecule has 0 aliphatic heterocycles. The first-order valence-corrected chi connectivity index (χ1v) is 6.29. The van der Waals surface area contributed by atoms with E-state index in [1.165, 1.54) is 48.7 Å². The van der Waals surface area contributed by atoms with Crippen molar-refractivity contribution in [2.75, 3.05) is 0 Å². The Labute approximate surface area is 129 Å². The molecule has 0 heterocycles. The summed E-state index contributed by atoms with van der Waals surface area (Å²) in [6.07, 6.45) is 1.26. The average Bonchev–Trinajstić information content (AvgIpc) is 2.55. The highest BCUT2D eigenvalue weighted by molar-refractivity contribution is 5.95. The van der Waals surface area contributed by atoms with Crippen molar-refractivity contribution in [3.05, 3.63) is 79.9 Å². The van der Waals surface area contributed by atoms with Crippen LogP contribution < -0.4 is 5.43 Å². The highest BCUT2D eigenvalue weighted by Gasteiger charge is 2.08. The molecule has 0 atom stereocenters. The quantitative estimate of drug-likeness (QED) is 0.514. The maximum atomic E-state index is 11.8. The SMILES string of the molecule is O=C(N/N=C\c1cccc([N+](=O)[O-])c1)c1ccc([N+](=O)[O-])cc1. The Bertz CT molecular complexity index is 786. The molecule has 23 heavy (non-hydrogen) atoms. The van der Waals surface area contributed by atoms with Crippen LogP contribution in [0.5, 0.6) is 0 Å². The lowest BCUT2D eigenvalue weighted by Gasteiger charge is -1.99. The van der Waals surface area contributed by atoms with Crippen molar-refractivity contribution in [1.82, 2.24) is 5.43 Å². The molecule has 0 spiro atoms. The Morgan fingerprint density at radius 2 is 1.65 bits per heavy atom. The van der Waals surface area contributed by atoms with Crippen LogP contribution in [-0.2, 0) is 0 Å². The summed E-state index contributed by atoms with van der Waals surface area (Å²) in [5.41, 5.74) is 2.67. The summed E-state index contributed by atoms with van der Waals surface area (Å²) in [5.74, 6) is -0.554. The van der Waals surface area contributed by atoms with E-state index in [4.69, 9.17) is 0 Å². The summed E-state index contributed by atoms with van der Waals surface area (Å²) in [6, 6.07) is 10.8. The summed E-state index contributed by atoms with van der Waals surface area (Å²) >= 11 is 0. The van der Waals surface area contributed by atoms with E-state index in [9.17, 15) is 25.0 Å². The average molecular weight is 314 g/mol. The number of nitro benzene ring substituents is 2. The van der Waals surface area contributed by atoms with E-state index < -0.39 is 15.8 Å². The molecule has 116 valence electrons. The number of carbonyl (C=O) groups is 1. The van der Waals surface area contributed by atoms with Gasteiger partial charge in [-0.2, -0.15) is 5.10 Å². The van der Waals surface area contributed by atoms with Gasteiger partial charge in [0.25, 0.3) is 17.3 Å². The van der Waals surface area contributed by atoms with E-state index >= 15 is 0 Å². The third kappa shape index (κ3) is 4.17. The van der Waals surface area contributed by atoms with Gasteiger partial charge in [-0.05, 0) is 12.1 Å². The first-order valence-electron chi connectivity index (χ1n) is 6.29. The molecule has 0 saturated carbocycles. The van der Waals surface area contributed by atoms with E-state index in [0.717, 1.165) is 0 Å². The summed E-state index contributed by atoms with van der Waals surface area (Å²) in [5, 5.41) is 24.9. The van der Waals surface area contributed by atoms with Crippen LogP contribution in [0.4, 0.5) is 11.4 Å². The highest BCUT2D eigenvalue weighted by atomic mass is 16.6. The van der Waals surface area contributed by atoms with Gasteiger partial charge in [0, 0.05) is 35.4 Å². The highest BCUT2D eigenvalue weighted by Crippen LogP contribution is 2.12. The molecule has 0 aliphatic carbocycles. The Kier molecular flexibility index (Phi) is 4.72. The van der Waals surface area contributed by atoms with Crippen molar-refractivity contribution < 1.29 is 14.6 Å². The minimum Gasteiger partial charge on any atom is -0.267 e. The molecule has 1 N–H and O–H groups in total. The number of amides is 1. The smallest absolute Gasteiger partial charge is 0.267 e. The van der Waals surface area contributed by atoms with Crippen LogP contribution in [0, 0.1) is 20.2 Å². The molecular formula is C14H10N4O5. The van der Waals surface area contributed by atoms with Gasteiger partial charge >= 0.3 is 0 Å². The van der Waals surface area contributed by atoms with Gasteiger partial charge < -0.3 is 0 Å². The zero-order valence-electron chi connectivity index (χ0n) is 11.6. The number of non-ortho nitro benzene ring substituents is 2. The van der Waals surface area contributed by atoms with E-state index in [1.807, 2.05) is 0 Å². The van der Waals surface area contributed by atoms with Gasteiger partial charge in [0.05, 0.1) is 16.1 Å². The second-order valence-corrected chi connectivity index (χ2v) is 4.36. The third-order valence-electron chi connectivity index (χ3n) is 2.80. The van der Waals surface area contributed by atoms with E-state index in [1.54, 1.807) is 6.07 Å². The Morgan fingerprint density at radius 1 is 1.00 bits per heavy atom. The largest absolute Gasteiger partial charge is 0.271 e. The Hall–Kier alpha value is -3.62. The number of carbonyl (C=O) groups excluding carboxylic acids is 1. The first-order chi connectivity index (χ1) is 11.0. The number of nitrogens with one attached hydrogen (secondary N) is 1. The summed E-state index contributed by atoms with van der Waals surface area (Å²) in [7, 11) is 0. The number of nitrogens with zero attached hydrogens (tertiary/aromatic N) is 3. The van der Waals surface area contributed by atoms with E-state index in [-0.39, 0.29) is 16.9 Å². The molecule has 2 aromatic carbocycles. The normalized spacial score (nSPS) is 10.4. The van der Waals surface area contributed by atoms with Crippen LogP contribution in [0.3, 0.4) is 0 Å². The number of rotatable bonds is 5. The molecular weight excluding hydrogens is 304 g/mol. The number of nitro groups is 2. The maximum absolute atomic E-state index is 11.8. The fraction of sp³-hybridized carbons (Fsp3) is 0. The Morgan fingerprint density at radius 3 is 2.26 bits per heavy atom. The third-order valence-corrected chi connectivity index (χ3v) is 2.80. The molecule has 0 aromatic heterocycles. The standard InChI is InChI=1S/C14H10N4O5/c19-14(11-4-6-12(7-5-11)17(20)21)16-15-9-10-2-1-3-13(8-10)18(22)23/h1-9H,(H,16,19)/b15-9-. The zero-order valence-corrected chi connectivity index (χ0v) is 11.6. The van der Waals surface area contributed by atoms with Gasteiger partial charge in [-0.25, -0.2) is 5.43 Å². The minimum atomic E-state index is -0.567. The lowest BCUT2D eigenvalue weighted by Crippen LogP contribution is -2.17. The topological polar surface area (TPSA) is 128 Å². The van der Waals surface area contributed by atoms with E-state index in [0.29, 0.717) is 5.56 Å². The molecule has 9 nitrogen and oxygen atoms in total. The number of hydrazone groups is 1. The zero-order chi connectivity index (χ0) is 16.8. The molecule has 1 amide bonds. The van der Waals surface area contributed by atoms with Crippen molar-refractivity contribution in [3.8, 4) is 0 Å². The number of hydrogen-bond donors (Lipinski definition) is 1. The van der Waals surface area contributed by atoms with Gasteiger partial charge in [0.15, 0.2) is 0 Å². The van der Waals surface area contributed by atoms with Crippen LogP contribution in [0.15, 0.2) is 53.6 Å². The van der Waals surface area contributed by atoms with Crippen molar-refractivity contribution in [2.24, 2.45) is 5.10 Å². The van der Waals surface area contributed by atoms with Gasteiger partial charge in [-0.1, -0.05) is 12.1 Å². The molecule has 0 fully saturated rings. The summed E-state index contributed by atoms with van der Waals surface area (Å²) < 4.78 is 0. The molecule has 0 radical (unpaired) electrons. The fourth-order valence-electron chi connectivity index (χ4n) is 1.68. The molecule has 2 rings (SSSR count). The van der Waals surface area contributed by atoms with Gasteiger partial charge in [-0.3, -0.25) is 25.0 Å². The fourth-order valence-corrected chi connectivity index (χ4v) is 1.68. The monoisotopic (exact) mass is 314 g/mol. The molecule has 0 unspecified atom stereocenters. The van der Waals surface area contributed by atoms with Gasteiger partial charge in [0.2, 0.25) is 0 Å². The van der Waals surface area contributed by atoms with Crippen LogP contribution in [-0.4, -0.2) is 22.0 Å². The number of hydrogen-bond acceptors (Lipinski definition) is 6. The lowest BCUT2D eigenvalue weighted by molar-refractivity contribution is -0.385. The van der Waals surface area contributed by atoms with E-state index in [2.05, 4.69) is 10.5 Å². The molecule has 0 aliphatic rings. The summed E-state index contributed by atoms with van der Waals surface area (Å²) in [6.45, 7) is 0. The maximum Gasteiger partial charge on any atom is 0.271 e. The number of benzene rings is 2. The molecule has 0 saturated heterocycles. The van der Waals surface area contributed by atoms with Crippen LogP contribution in [0.2, 0.25) is 0 Å². The Balaban J connectivity index is 2.02. The predicted molar refractivity (Wildman–Crippen MR) is 81.3 cm³/mol. The van der Waals surface area contributed by atoms with Crippen LogP contribution >= 0.6 is 0 Å². The van der Waals surface area contributed by atoms with Gasteiger partial charge in [-0.15, -0.1) is 0 Å². The second kappa shape index (κ2) is 6.89. The lowest BCUT2D eigenvalue weighted by atomic mass is 10.2. The molecule has 2 aromatic rings. The minimum absolute atomic E-state index is 0.0874. The van der Waals surface area contributed by atoms with Crippen molar-refractivity contribution in [1.29, 1.82) is 0 Å². The van der Waals surface area contributed by atoms with Gasteiger partial charge in [0.1, 0.15) is 0 Å². The second-order valence-electron chi connectivity index (χ2n) is 4.36. The van der Waals surface area contributed by atoms with Crippen LogP contribution in [0.25, 0.3) is 0 Å². The molecule has 9 heteroatoms. The predicted octanol–water partition coefficient (Wildman–Crippen LogP) is 2.27. The van der Waals surface area contributed by atoms with Crippen molar-refractivity contribution in [2.45, 2.75) is 0 Å². The van der Waals surface area contributed by atoms with Crippen molar-refractivity contribution >= 4 is 23.5 Å².